The Balaban J connectivity index is 0.000000182. The van der Waals surface area contributed by atoms with Gasteiger partial charge in [-0.2, -0.15) is 0 Å². The molecule has 9 heteroatoms. The topological polar surface area (TPSA) is 102 Å². The van der Waals surface area contributed by atoms with Crippen LogP contribution in [0, 0.1) is 6.92 Å². The average molecular weight is 503 g/mol. The molecule has 2 atom stereocenters. The number of aryl methyl sites for hydroxylation is 1. The zero-order valence-corrected chi connectivity index (χ0v) is 19.7. The molecular weight excluding hydrogens is 480 g/mol. The average Bonchev–Trinajstić information content (AvgIpc) is 3.15. The molecule has 2 fully saturated rings. The number of likely N-dealkylation sites (N-methyl/N-ethyl adjacent to an activating group) is 1. The maximum Gasteiger partial charge on any atom is 0.417 e. The lowest BCUT2D eigenvalue weighted by molar-refractivity contribution is -0.135. The molecule has 0 saturated carbocycles. The predicted octanol–water partition coefficient (Wildman–Crippen LogP) is 3.88. The molecule has 0 radical (unpaired) electrons. The molecule has 1 N–H and O–H groups in total. The van der Waals surface area contributed by atoms with Gasteiger partial charge in [-0.25, -0.2) is 14.5 Å². The third-order valence-electron chi connectivity index (χ3n) is 5.42. The molecule has 2 aromatic rings. The molecule has 0 unspecified atom stereocenters. The second kappa shape index (κ2) is 8.74. The maximum absolute atomic E-state index is 12.0. The van der Waals surface area contributed by atoms with E-state index in [1.807, 2.05) is 43.3 Å². The van der Waals surface area contributed by atoms with E-state index in [2.05, 4.69) is 21.2 Å². The number of benzene rings is 2. The van der Waals surface area contributed by atoms with Gasteiger partial charge in [-0.15, -0.1) is 0 Å². The van der Waals surface area contributed by atoms with E-state index in [1.54, 1.807) is 26.0 Å². The first-order valence-electron chi connectivity index (χ1n) is 9.79. The number of carbonyl (C=O) groups is 4. The van der Waals surface area contributed by atoms with E-state index in [0.29, 0.717) is 16.5 Å². The van der Waals surface area contributed by atoms with E-state index < -0.39 is 29.3 Å². The molecule has 0 aliphatic carbocycles. The van der Waals surface area contributed by atoms with Gasteiger partial charge in [0.1, 0.15) is 0 Å². The summed E-state index contributed by atoms with van der Waals surface area (Å²) in [7, 11) is 1.42. The van der Waals surface area contributed by atoms with Gasteiger partial charge in [-0.05, 0) is 26.3 Å². The molecule has 168 valence electrons. The number of imide groups is 2. The molecule has 0 bridgehead atoms. The number of nitrogens with zero attached hydrogens (tertiary/aromatic N) is 1. The minimum atomic E-state index is -1.20. The van der Waals surface area contributed by atoms with Gasteiger partial charge in [-0.3, -0.25) is 14.9 Å². The van der Waals surface area contributed by atoms with E-state index in [9.17, 15) is 19.2 Å². The fraction of sp³-hybridized carbons (Fsp3) is 0.304. The highest BCUT2D eigenvalue weighted by Crippen LogP contribution is 2.34. The second-order valence-corrected chi connectivity index (χ2v) is 8.41. The van der Waals surface area contributed by atoms with Gasteiger partial charge in [0.25, 0.3) is 11.8 Å². The molecule has 2 aliphatic heterocycles. The molecular formula is C23H23BrN2O6. The van der Waals surface area contributed by atoms with Crippen LogP contribution in [0.25, 0.3) is 0 Å². The van der Waals surface area contributed by atoms with Crippen molar-refractivity contribution in [3.05, 3.63) is 70.8 Å². The standard InChI is InChI=1S/C12H12BrNO3.C11H11NO3/c1-12(10(15)14(2)11(16)17-12)9-5-3-4-8(6-9)7-13;1-7-4-3-5-8(6-7)11(2)9(13)12-10(14)15-11/h3-6H,7H2,1-2H3;3-6H,1-2H3,(H,12,13,14)/t12-;11-/m11/s1. The second-order valence-electron chi connectivity index (χ2n) is 7.85. The summed E-state index contributed by atoms with van der Waals surface area (Å²) in [5, 5.41) is 2.81. The lowest BCUT2D eigenvalue weighted by Crippen LogP contribution is -2.34. The number of alkyl carbamates (subject to hydrolysis) is 1. The summed E-state index contributed by atoms with van der Waals surface area (Å²) >= 11 is 3.35. The van der Waals surface area contributed by atoms with Crippen molar-refractivity contribution in [3.63, 3.8) is 0 Å². The van der Waals surface area contributed by atoms with E-state index in [1.165, 1.54) is 7.05 Å². The van der Waals surface area contributed by atoms with Crippen LogP contribution in [0.15, 0.2) is 48.5 Å². The molecule has 8 nitrogen and oxygen atoms in total. The Labute approximate surface area is 194 Å². The number of hydrogen-bond acceptors (Lipinski definition) is 6. The van der Waals surface area contributed by atoms with Gasteiger partial charge in [0.2, 0.25) is 11.2 Å². The van der Waals surface area contributed by atoms with Crippen LogP contribution < -0.4 is 5.32 Å². The Kier molecular flexibility index (Phi) is 6.41. The third kappa shape index (κ3) is 4.25. The molecule has 0 spiro atoms. The molecule has 4 rings (SSSR count). The highest BCUT2D eigenvalue weighted by molar-refractivity contribution is 9.08. The summed E-state index contributed by atoms with van der Waals surface area (Å²) in [5.41, 5.74) is 1.03. The Hall–Kier alpha value is -3.20. The van der Waals surface area contributed by atoms with Gasteiger partial charge in [-0.1, -0.05) is 70.0 Å². The van der Waals surface area contributed by atoms with Crippen molar-refractivity contribution in [2.75, 3.05) is 7.05 Å². The van der Waals surface area contributed by atoms with E-state index in [0.717, 1.165) is 16.0 Å². The van der Waals surface area contributed by atoms with Crippen LogP contribution in [0.1, 0.15) is 36.1 Å². The quantitative estimate of drug-likeness (QED) is 0.638. The van der Waals surface area contributed by atoms with Crippen LogP contribution in [-0.2, 0) is 35.6 Å². The molecule has 2 aromatic carbocycles. The third-order valence-corrected chi connectivity index (χ3v) is 6.07. The SMILES string of the molecule is CN1C(=O)O[C@](C)(c2cccc(CBr)c2)C1=O.Cc1cccc([C@@]2(C)OC(=O)NC2=O)c1. The Morgan fingerprint density at radius 1 is 0.938 bits per heavy atom. The lowest BCUT2D eigenvalue weighted by Gasteiger charge is -2.20. The molecule has 0 aromatic heterocycles. The fourth-order valence-electron chi connectivity index (χ4n) is 3.42. The van der Waals surface area contributed by atoms with Crippen molar-refractivity contribution < 1.29 is 28.7 Å². The highest BCUT2D eigenvalue weighted by atomic mass is 79.9. The van der Waals surface area contributed by atoms with Crippen molar-refractivity contribution in [2.45, 2.75) is 37.3 Å². The number of rotatable bonds is 3. The van der Waals surface area contributed by atoms with E-state index >= 15 is 0 Å². The van der Waals surface area contributed by atoms with Crippen molar-refractivity contribution in [3.8, 4) is 0 Å². The van der Waals surface area contributed by atoms with Gasteiger partial charge in [0.15, 0.2) is 0 Å². The summed E-state index contributed by atoms with van der Waals surface area (Å²) < 4.78 is 10.2. The molecule has 2 aliphatic rings. The van der Waals surface area contributed by atoms with Crippen LogP contribution in [-0.4, -0.2) is 35.9 Å². The molecule has 2 heterocycles. The number of amides is 4. The first kappa shape index (κ1) is 23.5. The van der Waals surface area contributed by atoms with Gasteiger partial charge < -0.3 is 9.47 Å². The zero-order chi connectivity index (χ0) is 23.7. The lowest BCUT2D eigenvalue weighted by atomic mass is 9.94. The summed E-state index contributed by atoms with van der Waals surface area (Å²) in [5.74, 6) is -0.757. The van der Waals surface area contributed by atoms with Crippen LogP contribution in [0.3, 0.4) is 0 Å². The van der Waals surface area contributed by atoms with Crippen LogP contribution in [0.5, 0.6) is 0 Å². The number of halogens is 1. The van der Waals surface area contributed by atoms with Gasteiger partial charge in [0.05, 0.1) is 0 Å². The summed E-state index contributed by atoms with van der Waals surface area (Å²) in [4.78, 5) is 46.9. The van der Waals surface area contributed by atoms with Crippen molar-refractivity contribution in [1.82, 2.24) is 10.2 Å². The molecule has 32 heavy (non-hydrogen) atoms. The monoisotopic (exact) mass is 502 g/mol. The number of cyclic esters (lactones) is 2. The summed E-state index contributed by atoms with van der Waals surface area (Å²) in [6.07, 6.45) is -1.30. The van der Waals surface area contributed by atoms with Crippen LogP contribution in [0.4, 0.5) is 9.59 Å². The Morgan fingerprint density at radius 2 is 1.56 bits per heavy atom. The first-order chi connectivity index (χ1) is 15.0. The highest BCUT2D eigenvalue weighted by Gasteiger charge is 2.50. The van der Waals surface area contributed by atoms with Crippen molar-refractivity contribution in [2.24, 2.45) is 0 Å². The van der Waals surface area contributed by atoms with Crippen LogP contribution >= 0.6 is 15.9 Å². The number of hydrogen-bond donors (Lipinski definition) is 1. The van der Waals surface area contributed by atoms with Crippen molar-refractivity contribution in [1.29, 1.82) is 0 Å². The summed E-state index contributed by atoms with van der Waals surface area (Å²) in [6.45, 7) is 5.12. The zero-order valence-electron chi connectivity index (χ0n) is 18.1. The normalized spacial score (nSPS) is 24.5. The minimum absolute atomic E-state index is 0.339. The minimum Gasteiger partial charge on any atom is -0.428 e. The van der Waals surface area contributed by atoms with E-state index in [4.69, 9.17) is 9.47 Å². The smallest absolute Gasteiger partial charge is 0.417 e. The largest absolute Gasteiger partial charge is 0.428 e. The number of carbonyl (C=O) groups excluding carboxylic acids is 4. The van der Waals surface area contributed by atoms with Crippen LogP contribution in [0.2, 0.25) is 0 Å². The van der Waals surface area contributed by atoms with Gasteiger partial charge >= 0.3 is 12.2 Å². The number of ether oxygens (including phenoxy) is 2. The fourth-order valence-corrected chi connectivity index (χ4v) is 3.77. The molecule has 4 amide bonds. The van der Waals surface area contributed by atoms with Gasteiger partial charge in [0, 0.05) is 23.5 Å². The maximum atomic E-state index is 12.0. The molecule has 2 saturated heterocycles. The van der Waals surface area contributed by atoms with E-state index in [-0.39, 0.29) is 5.91 Å². The number of alkyl halides is 1. The Morgan fingerprint density at radius 3 is 2.06 bits per heavy atom. The van der Waals surface area contributed by atoms with Crippen molar-refractivity contribution >= 4 is 39.9 Å². The Bertz CT molecular complexity index is 1100. The predicted molar refractivity (Wildman–Crippen MR) is 119 cm³/mol. The number of nitrogens with one attached hydrogen (secondary N) is 1. The first-order valence-corrected chi connectivity index (χ1v) is 10.9. The summed E-state index contributed by atoms with van der Waals surface area (Å²) in [6, 6.07) is 14.8.